The van der Waals surface area contributed by atoms with Gasteiger partial charge in [0.1, 0.15) is 5.60 Å². The van der Waals surface area contributed by atoms with E-state index in [1.54, 1.807) is 0 Å². The Labute approximate surface area is 205 Å². The van der Waals surface area contributed by atoms with Crippen molar-refractivity contribution in [2.75, 3.05) is 26.2 Å². The van der Waals surface area contributed by atoms with E-state index in [2.05, 4.69) is 35.2 Å². The number of rotatable bonds is 3. The van der Waals surface area contributed by atoms with Gasteiger partial charge in [0.15, 0.2) is 0 Å². The molecule has 1 N–H and O–H groups in total. The van der Waals surface area contributed by atoms with Crippen molar-refractivity contribution < 1.29 is 14.6 Å². The standard InChI is InChI=1S/C29H42N2O3/c1-28(2,3)34-27(33)31-19-29(20-31)15-12-23(18-29)30-16-13-22(14-17-30)26-7-5-4-6-25(26)21-8-10-24(32)11-9-21/h4-8,22-24,32H,9-20H2,1-3H3/t23-,24?/m1/s1. The van der Waals surface area contributed by atoms with Gasteiger partial charge in [0.05, 0.1) is 6.10 Å². The Kier molecular flexibility index (Phi) is 6.54. The zero-order chi connectivity index (χ0) is 23.9. The van der Waals surface area contributed by atoms with Crippen molar-refractivity contribution in [1.29, 1.82) is 0 Å². The second kappa shape index (κ2) is 9.31. The third-order valence-corrected chi connectivity index (χ3v) is 8.56. The van der Waals surface area contributed by atoms with Crippen molar-refractivity contribution in [1.82, 2.24) is 9.80 Å². The summed E-state index contributed by atoms with van der Waals surface area (Å²) in [7, 11) is 0. The number of carbonyl (C=O) groups is 1. The van der Waals surface area contributed by atoms with E-state index in [0.717, 1.165) is 32.4 Å². The Morgan fingerprint density at radius 2 is 1.82 bits per heavy atom. The highest BCUT2D eigenvalue weighted by atomic mass is 16.6. The average Bonchev–Trinajstić information content (AvgIpc) is 3.24. The minimum atomic E-state index is -0.421. The van der Waals surface area contributed by atoms with E-state index < -0.39 is 5.60 Å². The molecule has 1 aromatic carbocycles. The molecular weight excluding hydrogens is 424 g/mol. The van der Waals surface area contributed by atoms with Crippen LogP contribution in [0.4, 0.5) is 4.79 Å². The third-order valence-electron chi connectivity index (χ3n) is 8.56. The maximum absolute atomic E-state index is 12.4. The fourth-order valence-corrected chi connectivity index (χ4v) is 6.78. The number of amides is 1. The topological polar surface area (TPSA) is 53.0 Å². The molecule has 2 aliphatic carbocycles. The van der Waals surface area contributed by atoms with Gasteiger partial charge < -0.3 is 19.6 Å². The number of piperidine rings is 1. The number of hydrogen-bond donors (Lipinski definition) is 1. The van der Waals surface area contributed by atoms with Gasteiger partial charge in [0, 0.05) is 24.5 Å². The van der Waals surface area contributed by atoms with Crippen molar-refractivity contribution in [2.24, 2.45) is 5.41 Å². The van der Waals surface area contributed by atoms with Gasteiger partial charge in [0.25, 0.3) is 0 Å². The summed E-state index contributed by atoms with van der Waals surface area (Å²) in [5.74, 6) is 0.627. The quantitative estimate of drug-likeness (QED) is 0.631. The minimum absolute atomic E-state index is 0.149. The third kappa shape index (κ3) is 5.06. The van der Waals surface area contributed by atoms with Gasteiger partial charge >= 0.3 is 6.09 Å². The lowest BCUT2D eigenvalue weighted by molar-refractivity contribution is -0.0347. The number of nitrogens with zero attached hydrogens (tertiary/aromatic N) is 2. The zero-order valence-electron chi connectivity index (χ0n) is 21.3. The summed E-state index contributed by atoms with van der Waals surface area (Å²) in [4.78, 5) is 17.0. The summed E-state index contributed by atoms with van der Waals surface area (Å²) in [5.41, 5.74) is 4.27. The minimum Gasteiger partial charge on any atom is -0.444 e. The molecule has 186 valence electrons. The highest BCUT2D eigenvalue weighted by molar-refractivity contribution is 5.70. The largest absolute Gasteiger partial charge is 0.444 e. The number of aliphatic hydroxyl groups is 1. The van der Waals surface area contributed by atoms with Crippen molar-refractivity contribution in [3.8, 4) is 0 Å². The van der Waals surface area contributed by atoms with Crippen LogP contribution in [-0.4, -0.2) is 64.9 Å². The molecule has 34 heavy (non-hydrogen) atoms. The molecule has 5 rings (SSSR count). The number of hydrogen-bond acceptors (Lipinski definition) is 4. The van der Waals surface area contributed by atoms with E-state index in [1.165, 1.54) is 61.9 Å². The summed E-state index contributed by atoms with van der Waals surface area (Å²) in [5, 5.41) is 9.89. The first-order valence-electron chi connectivity index (χ1n) is 13.4. The molecule has 5 nitrogen and oxygen atoms in total. The van der Waals surface area contributed by atoms with E-state index >= 15 is 0 Å². The lowest BCUT2D eigenvalue weighted by atomic mass is 9.78. The van der Waals surface area contributed by atoms with Gasteiger partial charge in [-0.15, -0.1) is 0 Å². The summed E-state index contributed by atoms with van der Waals surface area (Å²) in [6.45, 7) is 9.89. The molecule has 2 atom stereocenters. The van der Waals surface area contributed by atoms with Gasteiger partial charge in [-0.2, -0.15) is 0 Å². The van der Waals surface area contributed by atoms with Gasteiger partial charge in [-0.1, -0.05) is 30.3 Å². The van der Waals surface area contributed by atoms with Crippen LogP contribution in [0.5, 0.6) is 0 Å². The lowest BCUT2D eigenvalue weighted by Gasteiger charge is -2.48. The molecule has 2 heterocycles. The van der Waals surface area contributed by atoms with Crippen LogP contribution < -0.4 is 0 Å². The maximum atomic E-state index is 12.4. The molecule has 0 bridgehead atoms. The molecule has 2 saturated heterocycles. The van der Waals surface area contributed by atoms with Crippen LogP contribution in [0.1, 0.15) is 89.2 Å². The monoisotopic (exact) mass is 466 g/mol. The van der Waals surface area contributed by atoms with Crippen molar-refractivity contribution in [2.45, 2.75) is 95.8 Å². The molecule has 2 aliphatic heterocycles. The van der Waals surface area contributed by atoms with Crippen LogP contribution in [0, 0.1) is 5.41 Å². The van der Waals surface area contributed by atoms with Crippen molar-refractivity contribution >= 4 is 11.7 Å². The van der Waals surface area contributed by atoms with Gasteiger partial charge in [-0.05, 0) is 108 Å². The lowest BCUT2D eigenvalue weighted by Crippen LogP contribution is -2.58. The van der Waals surface area contributed by atoms with Crippen LogP contribution in [0.15, 0.2) is 30.3 Å². The summed E-state index contributed by atoms with van der Waals surface area (Å²) in [6, 6.07) is 9.65. The highest BCUT2D eigenvalue weighted by Gasteiger charge is 2.51. The molecule has 1 saturated carbocycles. The molecule has 1 spiro atoms. The first-order valence-corrected chi connectivity index (χ1v) is 13.4. The number of aliphatic hydroxyl groups excluding tert-OH is 1. The number of allylic oxidation sites excluding steroid dienone is 1. The van der Waals surface area contributed by atoms with Crippen LogP contribution in [0.2, 0.25) is 0 Å². The number of likely N-dealkylation sites (tertiary alicyclic amines) is 2. The zero-order valence-corrected chi connectivity index (χ0v) is 21.3. The predicted octanol–water partition coefficient (Wildman–Crippen LogP) is 5.58. The van der Waals surface area contributed by atoms with Crippen LogP contribution in [-0.2, 0) is 4.74 Å². The van der Waals surface area contributed by atoms with Crippen molar-refractivity contribution in [3.05, 3.63) is 41.5 Å². The van der Waals surface area contributed by atoms with E-state index in [9.17, 15) is 9.90 Å². The van der Waals surface area contributed by atoms with Gasteiger partial charge in [-0.25, -0.2) is 4.79 Å². The first-order chi connectivity index (χ1) is 16.2. The second-order valence-electron chi connectivity index (χ2n) is 12.3. The summed E-state index contributed by atoms with van der Waals surface area (Å²) < 4.78 is 5.56. The molecule has 4 aliphatic rings. The SMILES string of the molecule is CC(C)(C)OC(=O)N1CC2(CC[C@@H](N3CCC(c4ccccc4C4=CCC(O)CC4)CC3)C2)C1. The molecule has 5 heteroatoms. The average molecular weight is 467 g/mol. The first kappa shape index (κ1) is 23.9. The molecular formula is C29H42N2O3. The fourth-order valence-electron chi connectivity index (χ4n) is 6.78. The smallest absolute Gasteiger partial charge is 0.410 e. The van der Waals surface area contributed by atoms with E-state index in [-0.39, 0.29) is 12.2 Å². The second-order valence-corrected chi connectivity index (χ2v) is 12.3. The Hall–Kier alpha value is -1.85. The number of ether oxygens (including phenoxy) is 1. The molecule has 3 fully saturated rings. The Bertz CT molecular complexity index is 920. The van der Waals surface area contributed by atoms with Gasteiger partial charge in [-0.3, -0.25) is 0 Å². The molecule has 0 radical (unpaired) electrons. The van der Waals surface area contributed by atoms with E-state index in [0.29, 0.717) is 17.4 Å². The van der Waals surface area contributed by atoms with Crippen LogP contribution in [0.25, 0.3) is 5.57 Å². The van der Waals surface area contributed by atoms with Crippen molar-refractivity contribution in [3.63, 3.8) is 0 Å². The fraction of sp³-hybridized carbons (Fsp3) is 0.690. The molecule has 0 aromatic heterocycles. The molecule has 1 aromatic rings. The Balaban J connectivity index is 1.15. The van der Waals surface area contributed by atoms with E-state index in [4.69, 9.17) is 4.74 Å². The Morgan fingerprint density at radius 1 is 1.09 bits per heavy atom. The van der Waals surface area contributed by atoms with E-state index in [1.807, 2.05) is 25.7 Å². The summed E-state index contributed by atoms with van der Waals surface area (Å²) >= 11 is 0. The summed E-state index contributed by atoms with van der Waals surface area (Å²) in [6.07, 6.45) is 10.8. The number of benzene rings is 1. The Morgan fingerprint density at radius 3 is 2.50 bits per heavy atom. The van der Waals surface area contributed by atoms with Gasteiger partial charge in [0.2, 0.25) is 0 Å². The molecule has 1 unspecified atom stereocenters. The maximum Gasteiger partial charge on any atom is 0.410 e. The predicted molar refractivity (Wildman–Crippen MR) is 136 cm³/mol. The highest BCUT2D eigenvalue weighted by Crippen LogP contribution is 2.48. The van der Waals surface area contributed by atoms with Crippen LogP contribution >= 0.6 is 0 Å². The molecule has 1 amide bonds. The van der Waals surface area contributed by atoms with Crippen LogP contribution in [0.3, 0.4) is 0 Å². The normalized spacial score (nSPS) is 28.0. The number of carbonyl (C=O) groups excluding carboxylic acids is 1.